The van der Waals surface area contributed by atoms with Crippen LogP contribution >= 0.6 is 11.8 Å². The number of thioether (sulfide) groups is 1. The summed E-state index contributed by atoms with van der Waals surface area (Å²) in [6, 6.07) is 9.99. The average molecular weight is 323 g/mol. The summed E-state index contributed by atoms with van der Waals surface area (Å²) in [5.41, 5.74) is 0.528. The first-order chi connectivity index (χ1) is 10.4. The highest BCUT2D eigenvalue weighted by atomic mass is 32.2. The van der Waals surface area contributed by atoms with E-state index in [9.17, 15) is 9.59 Å². The quantitative estimate of drug-likeness (QED) is 0.730. The van der Waals surface area contributed by atoms with Gasteiger partial charge in [0, 0.05) is 11.3 Å². The van der Waals surface area contributed by atoms with Gasteiger partial charge < -0.3 is 10.4 Å². The molecule has 0 spiro atoms. The maximum absolute atomic E-state index is 12.4. The molecule has 0 aliphatic carbocycles. The van der Waals surface area contributed by atoms with Crippen LogP contribution in [0.4, 0.5) is 0 Å². The number of hydrogen-bond donors (Lipinski definition) is 2. The van der Waals surface area contributed by atoms with Crippen LogP contribution < -0.4 is 5.32 Å². The predicted octanol–water partition coefficient (Wildman–Crippen LogP) is 3.46. The van der Waals surface area contributed by atoms with Gasteiger partial charge in [-0.05, 0) is 25.3 Å². The molecule has 0 saturated heterocycles. The lowest BCUT2D eigenvalue weighted by Crippen LogP contribution is -2.51. The Morgan fingerprint density at radius 3 is 2.32 bits per heavy atom. The minimum Gasteiger partial charge on any atom is -0.481 e. The molecule has 2 N–H and O–H groups in total. The summed E-state index contributed by atoms with van der Waals surface area (Å²) in [5, 5.41) is 11.8. The third kappa shape index (κ3) is 5.72. The number of carbonyl (C=O) groups excluding carboxylic acids is 1. The Bertz CT molecular complexity index is 486. The van der Waals surface area contributed by atoms with Crippen molar-refractivity contribution in [3.8, 4) is 0 Å². The minimum absolute atomic E-state index is 0.0399. The summed E-state index contributed by atoms with van der Waals surface area (Å²) in [4.78, 5) is 23.4. The highest BCUT2D eigenvalue weighted by molar-refractivity contribution is 7.99. The Kier molecular flexibility index (Phi) is 7.45. The first kappa shape index (κ1) is 18.6. The lowest BCUT2D eigenvalue weighted by molar-refractivity contribution is -0.139. The van der Waals surface area contributed by atoms with Crippen LogP contribution in [-0.2, 0) is 15.3 Å². The Morgan fingerprint density at radius 1 is 1.23 bits per heavy atom. The van der Waals surface area contributed by atoms with Crippen molar-refractivity contribution in [2.45, 2.75) is 56.6 Å². The molecule has 1 unspecified atom stereocenters. The van der Waals surface area contributed by atoms with E-state index in [4.69, 9.17) is 5.11 Å². The van der Waals surface area contributed by atoms with Crippen LogP contribution in [0.15, 0.2) is 30.3 Å². The van der Waals surface area contributed by atoms with Crippen molar-refractivity contribution >= 4 is 23.6 Å². The maximum Gasteiger partial charge on any atom is 0.305 e. The van der Waals surface area contributed by atoms with Crippen molar-refractivity contribution < 1.29 is 14.7 Å². The molecule has 22 heavy (non-hydrogen) atoms. The van der Waals surface area contributed by atoms with Crippen LogP contribution in [0.25, 0.3) is 0 Å². The first-order valence-electron chi connectivity index (χ1n) is 7.61. The van der Waals surface area contributed by atoms with Crippen molar-refractivity contribution in [1.82, 2.24) is 5.32 Å². The molecule has 1 amide bonds. The Balaban J connectivity index is 2.59. The van der Waals surface area contributed by atoms with Gasteiger partial charge in [0.15, 0.2) is 0 Å². The third-order valence-electron chi connectivity index (χ3n) is 3.94. The van der Waals surface area contributed by atoms with E-state index in [2.05, 4.69) is 5.32 Å². The van der Waals surface area contributed by atoms with Gasteiger partial charge >= 0.3 is 5.97 Å². The van der Waals surface area contributed by atoms with Gasteiger partial charge in [-0.25, -0.2) is 0 Å². The van der Waals surface area contributed by atoms with E-state index in [-0.39, 0.29) is 17.6 Å². The van der Waals surface area contributed by atoms with Crippen LogP contribution in [0.2, 0.25) is 0 Å². The van der Waals surface area contributed by atoms with E-state index in [0.29, 0.717) is 12.8 Å². The zero-order chi connectivity index (χ0) is 16.6. The molecule has 0 heterocycles. The molecule has 0 bridgehead atoms. The molecule has 1 aromatic carbocycles. The normalized spacial score (nSPS) is 12.7. The summed E-state index contributed by atoms with van der Waals surface area (Å²) in [6.07, 6.45) is 1.18. The Labute approximate surface area is 136 Å². The van der Waals surface area contributed by atoms with Gasteiger partial charge in [0.05, 0.1) is 11.7 Å². The van der Waals surface area contributed by atoms with Crippen LogP contribution in [-0.4, -0.2) is 27.8 Å². The number of benzene rings is 1. The van der Waals surface area contributed by atoms with E-state index < -0.39 is 11.5 Å². The molecule has 5 heteroatoms. The second kappa shape index (κ2) is 8.83. The molecule has 1 rings (SSSR count). The largest absolute Gasteiger partial charge is 0.481 e. The van der Waals surface area contributed by atoms with Gasteiger partial charge in [-0.1, -0.05) is 44.2 Å². The van der Waals surface area contributed by atoms with Gasteiger partial charge in [0.1, 0.15) is 0 Å². The van der Waals surface area contributed by atoms with E-state index >= 15 is 0 Å². The fourth-order valence-corrected chi connectivity index (χ4v) is 3.09. The van der Waals surface area contributed by atoms with E-state index in [1.807, 2.05) is 51.1 Å². The zero-order valence-corrected chi connectivity index (χ0v) is 14.3. The smallest absolute Gasteiger partial charge is 0.305 e. The van der Waals surface area contributed by atoms with Crippen molar-refractivity contribution in [2.75, 3.05) is 0 Å². The summed E-state index contributed by atoms with van der Waals surface area (Å²) in [6.45, 7) is 5.68. The lowest BCUT2D eigenvalue weighted by atomic mass is 9.89. The summed E-state index contributed by atoms with van der Waals surface area (Å²) < 4.78 is 0. The van der Waals surface area contributed by atoms with E-state index in [1.54, 1.807) is 11.8 Å². The fraction of sp³-hybridized carbons (Fsp3) is 0.529. The molecule has 0 fully saturated rings. The topological polar surface area (TPSA) is 66.4 Å². The van der Waals surface area contributed by atoms with Crippen molar-refractivity contribution in [3.05, 3.63) is 35.9 Å². The minimum atomic E-state index is -0.881. The highest BCUT2D eigenvalue weighted by Gasteiger charge is 2.32. The van der Waals surface area contributed by atoms with Crippen molar-refractivity contribution in [1.29, 1.82) is 0 Å². The van der Waals surface area contributed by atoms with Gasteiger partial charge in [0.25, 0.3) is 0 Å². The summed E-state index contributed by atoms with van der Waals surface area (Å²) >= 11 is 1.56. The number of rotatable bonds is 9. The molecular formula is C17H25NO3S. The summed E-state index contributed by atoms with van der Waals surface area (Å²) in [7, 11) is 0. The SMILES string of the molecule is CCC(CC)(CC(=O)O)NC(=O)C(C)SCc1ccccc1. The van der Waals surface area contributed by atoms with Crippen LogP contribution in [0, 0.1) is 0 Å². The van der Waals surface area contributed by atoms with Gasteiger partial charge in [0.2, 0.25) is 5.91 Å². The van der Waals surface area contributed by atoms with Crippen LogP contribution in [0.3, 0.4) is 0 Å². The van der Waals surface area contributed by atoms with Gasteiger partial charge in [-0.3, -0.25) is 9.59 Å². The van der Waals surface area contributed by atoms with Crippen LogP contribution in [0.5, 0.6) is 0 Å². The standard InChI is InChI=1S/C17H25NO3S/c1-4-17(5-2,11-15(19)20)18-16(21)13(3)22-12-14-9-7-6-8-10-14/h6-10,13H,4-5,11-12H2,1-3H3,(H,18,21)(H,19,20). The first-order valence-corrected chi connectivity index (χ1v) is 8.66. The molecule has 0 radical (unpaired) electrons. The second-order valence-corrected chi connectivity index (χ2v) is 6.82. The molecular weight excluding hydrogens is 298 g/mol. The number of amides is 1. The second-order valence-electron chi connectivity index (χ2n) is 5.49. The zero-order valence-electron chi connectivity index (χ0n) is 13.5. The number of carboxylic acids is 1. The molecule has 4 nitrogen and oxygen atoms in total. The van der Waals surface area contributed by atoms with Gasteiger partial charge in [-0.15, -0.1) is 11.8 Å². The molecule has 1 aromatic rings. The molecule has 0 aromatic heterocycles. The number of carbonyl (C=O) groups is 2. The monoisotopic (exact) mass is 323 g/mol. The predicted molar refractivity (Wildman–Crippen MR) is 90.9 cm³/mol. The summed E-state index contributed by atoms with van der Waals surface area (Å²) in [5.74, 6) is -0.209. The number of nitrogens with one attached hydrogen (secondary N) is 1. The maximum atomic E-state index is 12.4. The molecule has 0 aliphatic rings. The lowest BCUT2D eigenvalue weighted by Gasteiger charge is -2.32. The van der Waals surface area contributed by atoms with Crippen molar-refractivity contribution in [2.24, 2.45) is 0 Å². The average Bonchev–Trinajstić information content (AvgIpc) is 2.52. The van der Waals surface area contributed by atoms with Crippen molar-refractivity contribution in [3.63, 3.8) is 0 Å². The Hall–Kier alpha value is -1.49. The molecule has 0 aliphatic heterocycles. The Morgan fingerprint density at radius 2 is 1.82 bits per heavy atom. The fourth-order valence-electron chi connectivity index (χ4n) is 2.24. The van der Waals surface area contributed by atoms with Gasteiger partial charge in [-0.2, -0.15) is 0 Å². The molecule has 1 atom stereocenters. The number of aliphatic carboxylic acids is 1. The van der Waals surface area contributed by atoms with E-state index in [1.165, 1.54) is 5.56 Å². The van der Waals surface area contributed by atoms with E-state index in [0.717, 1.165) is 5.75 Å². The number of carboxylic acid groups (broad SMARTS) is 1. The number of hydrogen-bond acceptors (Lipinski definition) is 3. The highest BCUT2D eigenvalue weighted by Crippen LogP contribution is 2.23. The molecule has 122 valence electrons. The third-order valence-corrected chi connectivity index (χ3v) is 5.16. The van der Waals surface area contributed by atoms with Crippen LogP contribution in [0.1, 0.15) is 45.6 Å². The molecule has 0 saturated carbocycles.